The van der Waals surface area contributed by atoms with Crippen LogP contribution in [-0.4, -0.2) is 37.0 Å². The Hall–Kier alpha value is -0.290. The standard InChI is InChI=1S/C12H18ClFN2S/c1-16(6-7-17-2)11(8-15)9-4-3-5-10(13)12(9)14/h3-5,11H,6-8,15H2,1-2H3. The predicted octanol–water partition coefficient (Wildman–Crippen LogP) is 2.77. The van der Waals surface area contributed by atoms with Gasteiger partial charge in [-0.25, -0.2) is 4.39 Å². The second kappa shape index (κ2) is 7.21. The number of thioether (sulfide) groups is 1. The van der Waals surface area contributed by atoms with Gasteiger partial charge in [-0.2, -0.15) is 11.8 Å². The molecule has 1 atom stereocenters. The lowest BCUT2D eigenvalue weighted by Crippen LogP contribution is -2.32. The Bertz CT molecular complexity index is 362. The van der Waals surface area contributed by atoms with E-state index in [0.29, 0.717) is 12.1 Å². The maximum atomic E-state index is 13.9. The maximum absolute atomic E-state index is 13.9. The third-order valence-corrected chi connectivity index (χ3v) is 3.63. The third-order valence-electron chi connectivity index (χ3n) is 2.74. The van der Waals surface area contributed by atoms with E-state index in [1.54, 1.807) is 30.0 Å². The molecule has 0 bridgehead atoms. The summed E-state index contributed by atoms with van der Waals surface area (Å²) < 4.78 is 13.9. The number of nitrogens with two attached hydrogens (primary N) is 1. The summed E-state index contributed by atoms with van der Waals surface area (Å²) in [6, 6.07) is 4.93. The van der Waals surface area contributed by atoms with Gasteiger partial charge < -0.3 is 5.73 Å². The zero-order valence-corrected chi connectivity index (χ0v) is 11.7. The summed E-state index contributed by atoms with van der Waals surface area (Å²) in [6.07, 6.45) is 2.05. The van der Waals surface area contributed by atoms with Crippen LogP contribution in [0.4, 0.5) is 4.39 Å². The number of benzene rings is 1. The molecule has 17 heavy (non-hydrogen) atoms. The van der Waals surface area contributed by atoms with Gasteiger partial charge in [0.2, 0.25) is 0 Å². The van der Waals surface area contributed by atoms with Crippen molar-refractivity contribution < 1.29 is 4.39 Å². The monoisotopic (exact) mass is 276 g/mol. The van der Waals surface area contributed by atoms with Crippen molar-refractivity contribution in [1.82, 2.24) is 4.90 Å². The van der Waals surface area contributed by atoms with Gasteiger partial charge in [0.15, 0.2) is 0 Å². The van der Waals surface area contributed by atoms with Gasteiger partial charge in [0.1, 0.15) is 5.82 Å². The second-order valence-electron chi connectivity index (χ2n) is 3.87. The molecule has 0 saturated carbocycles. The molecule has 0 aliphatic carbocycles. The molecule has 0 aromatic heterocycles. The van der Waals surface area contributed by atoms with Gasteiger partial charge in [-0.15, -0.1) is 0 Å². The zero-order valence-electron chi connectivity index (χ0n) is 10.1. The number of nitrogens with zero attached hydrogens (tertiary/aromatic N) is 1. The molecule has 2 N–H and O–H groups in total. The first-order chi connectivity index (χ1) is 8.11. The van der Waals surface area contributed by atoms with Crippen LogP contribution >= 0.6 is 23.4 Å². The van der Waals surface area contributed by atoms with Crippen molar-refractivity contribution in [2.45, 2.75) is 6.04 Å². The molecule has 96 valence electrons. The molecule has 0 saturated heterocycles. The van der Waals surface area contributed by atoms with Crippen molar-refractivity contribution in [3.05, 3.63) is 34.6 Å². The van der Waals surface area contributed by atoms with Crippen LogP contribution < -0.4 is 5.73 Å². The van der Waals surface area contributed by atoms with Crippen LogP contribution in [0.1, 0.15) is 11.6 Å². The van der Waals surface area contributed by atoms with E-state index in [9.17, 15) is 4.39 Å². The quantitative estimate of drug-likeness (QED) is 0.866. The Labute approximate surface area is 111 Å². The highest BCUT2D eigenvalue weighted by molar-refractivity contribution is 7.98. The Kier molecular flexibility index (Phi) is 6.27. The fourth-order valence-corrected chi connectivity index (χ4v) is 2.37. The molecule has 5 heteroatoms. The third kappa shape index (κ3) is 3.85. The first-order valence-electron chi connectivity index (χ1n) is 5.45. The predicted molar refractivity (Wildman–Crippen MR) is 74.2 cm³/mol. The Morgan fingerprint density at radius 1 is 1.53 bits per heavy atom. The van der Waals surface area contributed by atoms with Crippen LogP contribution in [0.2, 0.25) is 5.02 Å². The van der Waals surface area contributed by atoms with Crippen molar-refractivity contribution in [2.75, 3.05) is 32.1 Å². The SMILES string of the molecule is CSCCN(C)C(CN)c1cccc(Cl)c1F. The molecule has 0 aliphatic rings. The topological polar surface area (TPSA) is 29.3 Å². The fraction of sp³-hybridized carbons (Fsp3) is 0.500. The fourth-order valence-electron chi connectivity index (χ4n) is 1.71. The van der Waals surface area contributed by atoms with E-state index in [1.165, 1.54) is 0 Å². The highest BCUT2D eigenvalue weighted by Gasteiger charge is 2.19. The lowest BCUT2D eigenvalue weighted by atomic mass is 10.1. The minimum atomic E-state index is -0.361. The van der Waals surface area contributed by atoms with E-state index in [0.717, 1.165) is 12.3 Å². The van der Waals surface area contributed by atoms with Gasteiger partial charge in [-0.05, 0) is 19.4 Å². The molecule has 0 radical (unpaired) electrons. The van der Waals surface area contributed by atoms with Crippen LogP contribution in [0.3, 0.4) is 0 Å². The molecule has 2 nitrogen and oxygen atoms in total. The van der Waals surface area contributed by atoms with Gasteiger partial charge >= 0.3 is 0 Å². The first-order valence-corrected chi connectivity index (χ1v) is 7.22. The molecule has 0 amide bonds. The second-order valence-corrected chi connectivity index (χ2v) is 5.26. The molecule has 1 unspecified atom stereocenters. The van der Waals surface area contributed by atoms with Crippen molar-refractivity contribution in [2.24, 2.45) is 5.73 Å². The molecule has 0 spiro atoms. The zero-order chi connectivity index (χ0) is 12.8. The van der Waals surface area contributed by atoms with E-state index < -0.39 is 0 Å². The van der Waals surface area contributed by atoms with Gasteiger partial charge in [-0.3, -0.25) is 4.90 Å². The molecule has 0 heterocycles. The summed E-state index contributed by atoms with van der Waals surface area (Å²) in [5.41, 5.74) is 6.31. The average Bonchev–Trinajstić information content (AvgIpc) is 2.32. The first kappa shape index (κ1) is 14.8. The van der Waals surface area contributed by atoms with E-state index >= 15 is 0 Å². The highest BCUT2D eigenvalue weighted by Crippen LogP contribution is 2.26. The van der Waals surface area contributed by atoms with Crippen molar-refractivity contribution >= 4 is 23.4 Å². The molecule has 1 aromatic carbocycles. The summed E-state index contributed by atoms with van der Waals surface area (Å²) in [5.74, 6) is 0.635. The maximum Gasteiger partial charge on any atom is 0.146 e. The lowest BCUT2D eigenvalue weighted by molar-refractivity contribution is 0.260. The van der Waals surface area contributed by atoms with Crippen LogP contribution in [0, 0.1) is 5.82 Å². The molecular formula is C12H18ClFN2S. The van der Waals surface area contributed by atoms with Gasteiger partial charge in [0, 0.05) is 30.4 Å². The van der Waals surface area contributed by atoms with Gasteiger partial charge in [0.05, 0.1) is 5.02 Å². The number of hydrogen-bond acceptors (Lipinski definition) is 3. The van der Waals surface area contributed by atoms with Crippen LogP contribution in [-0.2, 0) is 0 Å². The van der Waals surface area contributed by atoms with E-state index in [4.69, 9.17) is 17.3 Å². The summed E-state index contributed by atoms with van der Waals surface area (Å²) in [6.45, 7) is 1.25. The summed E-state index contributed by atoms with van der Waals surface area (Å²) >= 11 is 7.54. The van der Waals surface area contributed by atoms with Crippen LogP contribution in [0.25, 0.3) is 0 Å². The number of hydrogen-bond donors (Lipinski definition) is 1. The van der Waals surface area contributed by atoms with Crippen LogP contribution in [0.5, 0.6) is 0 Å². The largest absolute Gasteiger partial charge is 0.329 e. The van der Waals surface area contributed by atoms with Crippen molar-refractivity contribution in [1.29, 1.82) is 0 Å². The Morgan fingerprint density at radius 3 is 2.82 bits per heavy atom. The smallest absolute Gasteiger partial charge is 0.146 e. The van der Waals surface area contributed by atoms with Crippen molar-refractivity contribution in [3.8, 4) is 0 Å². The van der Waals surface area contributed by atoms with E-state index in [2.05, 4.69) is 4.90 Å². The highest BCUT2D eigenvalue weighted by atomic mass is 35.5. The minimum absolute atomic E-state index is 0.124. The van der Waals surface area contributed by atoms with E-state index in [-0.39, 0.29) is 16.9 Å². The summed E-state index contributed by atoms with van der Waals surface area (Å²) in [4.78, 5) is 2.06. The van der Waals surface area contributed by atoms with Gasteiger partial charge in [-0.1, -0.05) is 23.7 Å². The Balaban J connectivity index is 2.89. The Morgan fingerprint density at radius 2 is 2.24 bits per heavy atom. The minimum Gasteiger partial charge on any atom is -0.329 e. The molecule has 0 aliphatic heterocycles. The van der Waals surface area contributed by atoms with Crippen molar-refractivity contribution in [3.63, 3.8) is 0 Å². The number of likely N-dealkylation sites (N-methyl/N-ethyl adjacent to an activating group) is 1. The molecule has 0 fully saturated rings. The van der Waals surface area contributed by atoms with Gasteiger partial charge in [0.25, 0.3) is 0 Å². The molecular weight excluding hydrogens is 259 g/mol. The summed E-state index contributed by atoms with van der Waals surface area (Å²) in [5, 5.41) is 0.152. The lowest BCUT2D eigenvalue weighted by Gasteiger charge is -2.27. The molecule has 1 aromatic rings. The normalized spacial score (nSPS) is 13.1. The van der Waals surface area contributed by atoms with E-state index in [1.807, 2.05) is 13.3 Å². The summed E-state index contributed by atoms with van der Waals surface area (Å²) in [7, 11) is 1.95. The molecule has 1 rings (SSSR count). The number of rotatable bonds is 6. The number of halogens is 2. The average molecular weight is 277 g/mol. The van der Waals surface area contributed by atoms with Crippen LogP contribution in [0.15, 0.2) is 18.2 Å².